The second kappa shape index (κ2) is 6.04. The lowest BCUT2D eigenvalue weighted by Crippen LogP contribution is -2.13. The summed E-state index contributed by atoms with van der Waals surface area (Å²) in [6.45, 7) is 13.4. The van der Waals surface area contributed by atoms with Crippen LogP contribution in [0.25, 0.3) is 22.2 Å². The van der Waals surface area contributed by atoms with Crippen LogP contribution in [-0.2, 0) is 11.8 Å². The van der Waals surface area contributed by atoms with Crippen LogP contribution < -0.4 is 0 Å². The topological polar surface area (TPSA) is 41.6 Å². The Hall–Kier alpha value is -2.16. The number of benzene rings is 1. The van der Waals surface area contributed by atoms with Gasteiger partial charge < -0.3 is 0 Å². The van der Waals surface area contributed by atoms with Crippen molar-refractivity contribution in [3.05, 3.63) is 47.3 Å². The maximum Gasteiger partial charge on any atom is 0.111 e. The SMILES string of the molecule is Cc1cc(-c2nccc3c(C(C)(C)C)cc(CC(C)C)cc23)n[nH]1. The molecule has 0 fully saturated rings. The second-order valence-electron chi connectivity index (χ2n) is 8.18. The first-order valence-electron chi connectivity index (χ1n) is 8.70. The number of aromatic amines is 1. The minimum Gasteiger partial charge on any atom is -0.282 e. The summed E-state index contributed by atoms with van der Waals surface area (Å²) in [6.07, 6.45) is 2.98. The van der Waals surface area contributed by atoms with E-state index in [1.54, 1.807) is 0 Å². The van der Waals surface area contributed by atoms with Gasteiger partial charge in [-0.25, -0.2) is 0 Å². The number of nitrogens with one attached hydrogen (secondary N) is 1. The summed E-state index contributed by atoms with van der Waals surface area (Å²) < 4.78 is 0. The van der Waals surface area contributed by atoms with Crippen molar-refractivity contribution >= 4 is 10.8 Å². The molecule has 0 saturated carbocycles. The van der Waals surface area contributed by atoms with Crippen LogP contribution in [0.15, 0.2) is 30.5 Å². The molecule has 0 unspecified atom stereocenters. The molecule has 3 aromatic rings. The van der Waals surface area contributed by atoms with Gasteiger partial charge in [0.25, 0.3) is 0 Å². The van der Waals surface area contributed by atoms with Gasteiger partial charge in [0.15, 0.2) is 0 Å². The van der Waals surface area contributed by atoms with E-state index < -0.39 is 0 Å². The zero-order valence-electron chi connectivity index (χ0n) is 15.6. The summed E-state index contributed by atoms with van der Waals surface area (Å²) in [5.41, 5.74) is 5.78. The van der Waals surface area contributed by atoms with E-state index in [1.807, 2.05) is 13.1 Å². The molecule has 0 radical (unpaired) electrons. The number of aromatic nitrogens is 3. The van der Waals surface area contributed by atoms with Crippen LogP contribution in [0.3, 0.4) is 0 Å². The number of H-pyrrole nitrogens is 1. The molecule has 0 aliphatic heterocycles. The van der Waals surface area contributed by atoms with Gasteiger partial charge in [0.05, 0.1) is 5.69 Å². The number of hydrogen-bond donors (Lipinski definition) is 1. The van der Waals surface area contributed by atoms with E-state index in [9.17, 15) is 0 Å². The molecule has 0 saturated heterocycles. The quantitative estimate of drug-likeness (QED) is 0.699. The van der Waals surface area contributed by atoms with Gasteiger partial charge in [0, 0.05) is 17.3 Å². The van der Waals surface area contributed by atoms with E-state index >= 15 is 0 Å². The fourth-order valence-corrected chi connectivity index (χ4v) is 3.30. The Morgan fingerprint density at radius 2 is 1.83 bits per heavy atom. The number of aryl methyl sites for hydroxylation is 1. The largest absolute Gasteiger partial charge is 0.282 e. The van der Waals surface area contributed by atoms with Crippen molar-refractivity contribution in [1.29, 1.82) is 0 Å². The molecule has 0 aliphatic carbocycles. The molecule has 0 aliphatic rings. The third-order valence-electron chi connectivity index (χ3n) is 4.34. The lowest BCUT2D eigenvalue weighted by molar-refractivity contribution is 0.592. The number of nitrogens with zero attached hydrogens (tertiary/aromatic N) is 2. The second-order valence-corrected chi connectivity index (χ2v) is 8.18. The molecular weight excluding hydrogens is 294 g/mol. The van der Waals surface area contributed by atoms with E-state index in [0.717, 1.165) is 23.5 Å². The number of fused-ring (bicyclic) bond motifs is 1. The third kappa shape index (κ3) is 3.21. The van der Waals surface area contributed by atoms with Gasteiger partial charge in [-0.3, -0.25) is 10.1 Å². The molecule has 3 nitrogen and oxygen atoms in total. The Labute approximate surface area is 144 Å². The molecule has 3 rings (SSSR count). The van der Waals surface area contributed by atoms with Gasteiger partial charge in [-0.05, 0) is 59.4 Å². The van der Waals surface area contributed by atoms with E-state index in [-0.39, 0.29) is 5.41 Å². The molecule has 0 atom stereocenters. The first kappa shape index (κ1) is 16.7. The van der Waals surface area contributed by atoms with Crippen molar-refractivity contribution in [3.8, 4) is 11.4 Å². The molecule has 2 aromatic heterocycles. The highest BCUT2D eigenvalue weighted by Crippen LogP contribution is 2.35. The Bertz CT molecular complexity index is 866. The van der Waals surface area contributed by atoms with Gasteiger partial charge in [-0.15, -0.1) is 0 Å². The van der Waals surface area contributed by atoms with Gasteiger partial charge in [-0.1, -0.05) is 40.7 Å². The minimum atomic E-state index is 0.0886. The highest BCUT2D eigenvalue weighted by molar-refractivity contribution is 5.96. The molecule has 1 aromatic carbocycles. The normalized spacial score (nSPS) is 12.3. The highest BCUT2D eigenvalue weighted by Gasteiger charge is 2.20. The van der Waals surface area contributed by atoms with Gasteiger partial charge >= 0.3 is 0 Å². The van der Waals surface area contributed by atoms with Gasteiger partial charge in [0.2, 0.25) is 0 Å². The standard InChI is InChI=1S/C21H27N3/c1-13(2)9-15-11-17-16(18(12-15)21(4,5)6)7-8-22-20(17)19-10-14(3)23-24-19/h7-8,10-13H,9H2,1-6H3,(H,23,24). The number of hydrogen-bond acceptors (Lipinski definition) is 2. The predicted octanol–water partition coefficient (Wildman–Crippen LogP) is 5.43. The average Bonchev–Trinajstić information content (AvgIpc) is 2.90. The maximum absolute atomic E-state index is 4.65. The van der Waals surface area contributed by atoms with Crippen LogP contribution in [-0.4, -0.2) is 15.2 Å². The summed E-state index contributed by atoms with van der Waals surface area (Å²) in [6, 6.07) is 8.88. The average molecular weight is 321 g/mol. The van der Waals surface area contributed by atoms with Crippen molar-refractivity contribution in [2.45, 2.75) is 53.4 Å². The van der Waals surface area contributed by atoms with Crippen LogP contribution in [0.2, 0.25) is 0 Å². The summed E-state index contributed by atoms with van der Waals surface area (Å²) in [7, 11) is 0. The molecule has 0 spiro atoms. The van der Waals surface area contributed by atoms with Crippen LogP contribution in [0.4, 0.5) is 0 Å². The molecule has 24 heavy (non-hydrogen) atoms. The van der Waals surface area contributed by atoms with Crippen molar-refractivity contribution < 1.29 is 0 Å². The van der Waals surface area contributed by atoms with Crippen molar-refractivity contribution in [2.75, 3.05) is 0 Å². The third-order valence-corrected chi connectivity index (χ3v) is 4.34. The summed E-state index contributed by atoms with van der Waals surface area (Å²) in [5.74, 6) is 0.628. The molecule has 2 heterocycles. The Morgan fingerprint density at radius 3 is 2.42 bits per heavy atom. The lowest BCUT2D eigenvalue weighted by Gasteiger charge is -2.23. The highest BCUT2D eigenvalue weighted by atomic mass is 15.1. The van der Waals surface area contributed by atoms with Crippen LogP contribution in [0.1, 0.15) is 51.4 Å². The predicted molar refractivity (Wildman–Crippen MR) is 101 cm³/mol. The van der Waals surface area contributed by atoms with E-state index in [1.165, 1.54) is 21.9 Å². The van der Waals surface area contributed by atoms with Crippen LogP contribution in [0, 0.1) is 12.8 Å². The summed E-state index contributed by atoms with van der Waals surface area (Å²) >= 11 is 0. The maximum atomic E-state index is 4.65. The van der Waals surface area contributed by atoms with Gasteiger partial charge in [-0.2, -0.15) is 5.10 Å². The molecule has 1 N–H and O–H groups in total. The minimum absolute atomic E-state index is 0.0886. The van der Waals surface area contributed by atoms with E-state index in [0.29, 0.717) is 5.92 Å². The fourth-order valence-electron chi connectivity index (χ4n) is 3.30. The zero-order chi connectivity index (χ0) is 17.5. The summed E-state index contributed by atoms with van der Waals surface area (Å²) in [5, 5.41) is 9.94. The lowest BCUT2D eigenvalue weighted by atomic mass is 9.81. The molecular formula is C21H27N3. The van der Waals surface area contributed by atoms with E-state index in [4.69, 9.17) is 0 Å². The zero-order valence-corrected chi connectivity index (χ0v) is 15.6. The van der Waals surface area contributed by atoms with E-state index in [2.05, 4.69) is 74.1 Å². The first-order valence-corrected chi connectivity index (χ1v) is 8.70. The van der Waals surface area contributed by atoms with Crippen LogP contribution >= 0.6 is 0 Å². The molecule has 126 valence electrons. The van der Waals surface area contributed by atoms with Gasteiger partial charge in [0.1, 0.15) is 5.69 Å². The Balaban J connectivity index is 2.31. The summed E-state index contributed by atoms with van der Waals surface area (Å²) in [4.78, 5) is 4.65. The molecule has 3 heteroatoms. The number of rotatable bonds is 3. The Kier molecular flexibility index (Phi) is 4.20. The molecule has 0 bridgehead atoms. The monoisotopic (exact) mass is 321 g/mol. The smallest absolute Gasteiger partial charge is 0.111 e. The number of pyridine rings is 1. The molecule has 0 amide bonds. The first-order chi connectivity index (χ1) is 11.3. The Morgan fingerprint density at radius 1 is 1.08 bits per heavy atom. The van der Waals surface area contributed by atoms with Crippen molar-refractivity contribution in [3.63, 3.8) is 0 Å². The van der Waals surface area contributed by atoms with Crippen LogP contribution in [0.5, 0.6) is 0 Å². The van der Waals surface area contributed by atoms with Crippen molar-refractivity contribution in [2.24, 2.45) is 5.92 Å². The fraction of sp³-hybridized carbons (Fsp3) is 0.429. The van der Waals surface area contributed by atoms with Crippen molar-refractivity contribution in [1.82, 2.24) is 15.2 Å².